The minimum Gasteiger partial charge on any atom is -0.489 e. The topological polar surface area (TPSA) is 69.0 Å². The lowest BCUT2D eigenvalue weighted by atomic mass is 10.0. The molecule has 1 N–H and O–H groups in total. The zero-order valence-corrected chi connectivity index (χ0v) is 14.0. The van der Waals surface area contributed by atoms with Gasteiger partial charge in [-0.25, -0.2) is 4.68 Å². The van der Waals surface area contributed by atoms with Gasteiger partial charge in [-0.2, -0.15) is 10.1 Å². The summed E-state index contributed by atoms with van der Waals surface area (Å²) in [6, 6.07) is 15.1. The summed E-state index contributed by atoms with van der Waals surface area (Å²) < 4.78 is 7.52. The molecule has 0 aliphatic carbocycles. The number of aromatic nitrogens is 3. The van der Waals surface area contributed by atoms with E-state index in [4.69, 9.17) is 16.3 Å². The highest BCUT2D eigenvalue weighted by atomic mass is 35.5. The van der Waals surface area contributed by atoms with Crippen LogP contribution in [0.25, 0.3) is 0 Å². The Morgan fingerprint density at radius 3 is 2.80 bits per heavy atom. The monoisotopic (exact) mass is 354 g/mol. The first kappa shape index (κ1) is 15.7. The molecule has 0 fully saturated rings. The second-order valence-corrected chi connectivity index (χ2v) is 6.15. The van der Waals surface area contributed by atoms with Crippen LogP contribution in [0.4, 0.5) is 5.95 Å². The SMILES string of the molecule is O=C1C[C@H](c2ccc(OCc3ccccc3Cl)cc2)n2ncnc2N1. The smallest absolute Gasteiger partial charge is 0.229 e. The lowest BCUT2D eigenvalue weighted by Crippen LogP contribution is -2.29. The molecule has 2 aromatic carbocycles. The number of carbonyl (C=O) groups excluding carboxylic acids is 1. The van der Waals surface area contributed by atoms with Gasteiger partial charge in [0.2, 0.25) is 11.9 Å². The Kier molecular flexibility index (Phi) is 4.11. The van der Waals surface area contributed by atoms with Gasteiger partial charge >= 0.3 is 0 Å². The summed E-state index contributed by atoms with van der Waals surface area (Å²) in [5.74, 6) is 1.15. The number of rotatable bonds is 4. The van der Waals surface area contributed by atoms with E-state index in [1.54, 1.807) is 4.68 Å². The van der Waals surface area contributed by atoms with Crippen LogP contribution in [0, 0.1) is 0 Å². The number of hydrogen-bond donors (Lipinski definition) is 1. The molecule has 1 amide bonds. The maximum Gasteiger partial charge on any atom is 0.229 e. The van der Waals surface area contributed by atoms with E-state index in [0.29, 0.717) is 24.0 Å². The number of hydrogen-bond acceptors (Lipinski definition) is 4. The summed E-state index contributed by atoms with van der Waals surface area (Å²) in [4.78, 5) is 15.9. The fourth-order valence-electron chi connectivity index (χ4n) is 2.83. The molecule has 126 valence electrons. The lowest BCUT2D eigenvalue weighted by molar-refractivity contribution is -0.117. The van der Waals surface area contributed by atoms with Crippen molar-refractivity contribution < 1.29 is 9.53 Å². The van der Waals surface area contributed by atoms with Crippen molar-refractivity contribution >= 4 is 23.5 Å². The van der Waals surface area contributed by atoms with Gasteiger partial charge < -0.3 is 4.74 Å². The number of anilines is 1. The molecular formula is C18H15ClN4O2. The van der Waals surface area contributed by atoms with E-state index in [9.17, 15) is 4.79 Å². The third-order valence-corrected chi connectivity index (χ3v) is 4.48. The molecule has 1 aliphatic rings. The first-order chi connectivity index (χ1) is 12.2. The zero-order valence-electron chi connectivity index (χ0n) is 13.2. The molecule has 0 saturated carbocycles. The van der Waals surface area contributed by atoms with Crippen molar-refractivity contribution in [2.24, 2.45) is 0 Å². The van der Waals surface area contributed by atoms with E-state index in [0.717, 1.165) is 16.9 Å². The van der Waals surface area contributed by atoms with E-state index < -0.39 is 0 Å². The Hall–Kier alpha value is -2.86. The highest BCUT2D eigenvalue weighted by molar-refractivity contribution is 6.31. The molecule has 7 heteroatoms. The summed E-state index contributed by atoms with van der Waals surface area (Å²) >= 11 is 6.13. The van der Waals surface area contributed by atoms with Gasteiger partial charge in [-0.1, -0.05) is 41.9 Å². The second kappa shape index (κ2) is 6.57. The van der Waals surface area contributed by atoms with E-state index in [1.165, 1.54) is 6.33 Å². The summed E-state index contributed by atoms with van der Waals surface area (Å²) in [6.07, 6.45) is 1.77. The van der Waals surface area contributed by atoms with Gasteiger partial charge in [0.25, 0.3) is 0 Å². The molecule has 1 aromatic heterocycles. The molecule has 0 spiro atoms. The molecule has 25 heavy (non-hydrogen) atoms. The standard InChI is InChI=1S/C18H15ClN4O2/c19-15-4-2-1-3-13(15)10-25-14-7-5-12(6-8-14)16-9-17(24)22-18-20-11-21-23(16)18/h1-8,11,16H,9-10H2,(H,20,21,22,24)/t16-/m1/s1. The van der Waals surface area contributed by atoms with Crippen LogP contribution in [0.15, 0.2) is 54.9 Å². The maximum atomic E-state index is 11.8. The third kappa shape index (κ3) is 3.21. The highest BCUT2D eigenvalue weighted by Crippen LogP contribution is 2.29. The van der Waals surface area contributed by atoms with Crippen molar-refractivity contribution in [1.29, 1.82) is 0 Å². The van der Waals surface area contributed by atoms with Gasteiger partial charge in [0.1, 0.15) is 18.7 Å². The molecule has 0 radical (unpaired) electrons. The van der Waals surface area contributed by atoms with Crippen molar-refractivity contribution in [3.63, 3.8) is 0 Å². The highest BCUT2D eigenvalue weighted by Gasteiger charge is 2.27. The van der Waals surface area contributed by atoms with Crippen LogP contribution in [-0.2, 0) is 11.4 Å². The summed E-state index contributed by atoms with van der Waals surface area (Å²) in [7, 11) is 0. The van der Waals surface area contributed by atoms with Gasteiger partial charge in [0.05, 0.1) is 12.5 Å². The predicted octanol–water partition coefficient (Wildman–Crippen LogP) is 3.44. The van der Waals surface area contributed by atoms with Crippen LogP contribution in [0.5, 0.6) is 5.75 Å². The normalized spacial score (nSPS) is 16.2. The van der Waals surface area contributed by atoms with Crippen LogP contribution < -0.4 is 10.1 Å². The molecular weight excluding hydrogens is 340 g/mol. The average Bonchev–Trinajstić information content (AvgIpc) is 3.09. The molecule has 1 atom stereocenters. The second-order valence-electron chi connectivity index (χ2n) is 5.75. The van der Waals surface area contributed by atoms with Gasteiger partial charge in [-0.05, 0) is 23.8 Å². The van der Waals surface area contributed by atoms with Crippen LogP contribution >= 0.6 is 11.6 Å². The largest absolute Gasteiger partial charge is 0.489 e. The first-order valence-electron chi connectivity index (χ1n) is 7.86. The van der Waals surface area contributed by atoms with Crippen molar-refractivity contribution in [1.82, 2.24) is 14.8 Å². The number of benzene rings is 2. The van der Waals surface area contributed by atoms with Crippen LogP contribution in [0.1, 0.15) is 23.6 Å². The van der Waals surface area contributed by atoms with Gasteiger partial charge in [-0.15, -0.1) is 0 Å². The number of nitrogens with zero attached hydrogens (tertiary/aromatic N) is 3. The fraction of sp³-hybridized carbons (Fsp3) is 0.167. The quantitative estimate of drug-likeness (QED) is 0.779. The first-order valence-corrected chi connectivity index (χ1v) is 8.24. The average molecular weight is 355 g/mol. The predicted molar refractivity (Wildman–Crippen MR) is 93.6 cm³/mol. The summed E-state index contributed by atoms with van der Waals surface area (Å²) in [5, 5.41) is 7.60. The van der Waals surface area contributed by atoms with Crippen LogP contribution in [0.3, 0.4) is 0 Å². The van der Waals surface area contributed by atoms with Crippen molar-refractivity contribution in [2.45, 2.75) is 19.1 Å². The van der Waals surface area contributed by atoms with Gasteiger partial charge in [0.15, 0.2) is 0 Å². The van der Waals surface area contributed by atoms with Crippen molar-refractivity contribution in [3.05, 3.63) is 71.0 Å². The molecule has 3 aromatic rings. The molecule has 1 aliphatic heterocycles. The Balaban J connectivity index is 1.50. The molecule has 0 unspecified atom stereocenters. The number of amides is 1. The molecule has 0 bridgehead atoms. The zero-order chi connectivity index (χ0) is 17.2. The van der Waals surface area contributed by atoms with E-state index in [-0.39, 0.29) is 11.9 Å². The molecule has 2 heterocycles. The minimum atomic E-state index is -0.163. The Morgan fingerprint density at radius 1 is 1.20 bits per heavy atom. The van der Waals surface area contributed by atoms with Crippen LogP contribution in [0.2, 0.25) is 5.02 Å². The Labute approximate surface area is 149 Å². The molecule has 0 saturated heterocycles. The van der Waals surface area contributed by atoms with Gasteiger partial charge in [0, 0.05) is 10.6 Å². The number of ether oxygens (including phenoxy) is 1. The molecule has 4 rings (SSSR count). The Bertz CT molecular complexity index is 907. The molecule has 6 nitrogen and oxygen atoms in total. The van der Waals surface area contributed by atoms with E-state index in [1.807, 2.05) is 48.5 Å². The van der Waals surface area contributed by atoms with E-state index in [2.05, 4.69) is 15.4 Å². The number of fused-ring (bicyclic) bond motifs is 1. The Morgan fingerprint density at radius 2 is 2.00 bits per heavy atom. The number of halogens is 1. The number of carbonyl (C=O) groups is 1. The van der Waals surface area contributed by atoms with Crippen LogP contribution in [-0.4, -0.2) is 20.7 Å². The van der Waals surface area contributed by atoms with Crippen molar-refractivity contribution in [2.75, 3.05) is 5.32 Å². The number of nitrogens with one attached hydrogen (secondary N) is 1. The van der Waals surface area contributed by atoms with E-state index >= 15 is 0 Å². The lowest BCUT2D eigenvalue weighted by Gasteiger charge is -2.23. The fourth-order valence-corrected chi connectivity index (χ4v) is 3.02. The summed E-state index contributed by atoms with van der Waals surface area (Å²) in [6.45, 7) is 0.401. The van der Waals surface area contributed by atoms with Gasteiger partial charge in [-0.3, -0.25) is 10.1 Å². The maximum absolute atomic E-state index is 11.8. The minimum absolute atomic E-state index is 0.0652. The van der Waals surface area contributed by atoms with Crippen molar-refractivity contribution in [3.8, 4) is 5.75 Å². The summed E-state index contributed by atoms with van der Waals surface area (Å²) in [5.41, 5.74) is 1.91. The third-order valence-electron chi connectivity index (χ3n) is 4.12.